The fourth-order valence-corrected chi connectivity index (χ4v) is 5.91. The van der Waals surface area contributed by atoms with Crippen LogP contribution in [0.3, 0.4) is 0 Å². The lowest BCUT2D eigenvalue weighted by Gasteiger charge is -2.33. The number of hydrogen-bond acceptors (Lipinski definition) is 3. The molecule has 1 aliphatic rings. The predicted molar refractivity (Wildman–Crippen MR) is 144 cm³/mol. The molecular weight excluding hydrogens is 511 g/mol. The molecule has 0 aliphatic heterocycles. The number of carbonyl (C=O) groups excluding carboxylic acids is 2. The van der Waals surface area contributed by atoms with Crippen molar-refractivity contribution in [2.45, 2.75) is 69.8 Å². The monoisotopic (exact) mass is 540 g/mol. The largest absolute Gasteiger partial charge is 0.352 e. The van der Waals surface area contributed by atoms with E-state index in [1.54, 1.807) is 23.1 Å². The first-order valence-electron chi connectivity index (χ1n) is 11.7. The molecule has 8 heteroatoms. The molecule has 0 spiro atoms. The predicted octanol–water partition coefficient (Wildman–Crippen LogP) is 7.14. The third-order valence-electron chi connectivity index (χ3n) is 6.13. The van der Waals surface area contributed by atoms with Crippen molar-refractivity contribution in [3.63, 3.8) is 0 Å². The smallest absolute Gasteiger partial charge is 0.243 e. The lowest BCUT2D eigenvalue weighted by Crippen LogP contribution is -2.52. The lowest BCUT2D eigenvalue weighted by atomic mass is 9.95. The maximum Gasteiger partial charge on any atom is 0.243 e. The molecule has 0 unspecified atom stereocenters. The molecule has 34 heavy (non-hydrogen) atoms. The summed E-state index contributed by atoms with van der Waals surface area (Å²) in [6.07, 6.45) is 6.01. The molecule has 2 amide bonds. The number of halogens is 3. The fraction of sp³-hybridized carbons (Fsp3) is 0.462. The first-order valence-corrected chi connectivity index (χ1v) is 14.0. The van der Waals surface area contributed by atoms with Crippen LogP contribution in [0.2, 0.25) is 15.1 Å². The van der Waals surface area contributed by atoms with E-state index in [1.165, 1.54) is 18.2 Å². The van der Waals surface area contributed by atoms with Gasteiger partial charge < -0.3 is 10.2 Å². The zero-order chi connectivity index (χ0) is 24.5. The normalized spacial score (nSPS) is 15.1. The molecule has 0 heterocycles. The second-order valence-corrected chi connectivity index (χ2v) is 10.8. The van der Waals surface area contributed by atoms with E-state index >= 15 is 0 Å². The van der Waals surface area contributed by atoms with E-state index in [0.717, 1.165) is 36.8 Å². The van der Waals surface area contributed by atoms with E-state index < -0.39 is 6.04 Å². The Hall–Kier alpha value is -1.40. The molecule has 0 bridgehead atoms. The minimum atomic E-state index is -0.551. The number of rotatable bonds is 10. The maximum absolute atomic E-state index is 13.4. The first-order chi connectivity index (χ1) is 16.4. The van der Waals surface area contributed by atoms with Crippen molar-refractivity contribution in [2.75, 3.05) is 5.75 Å². The fourth-order valence-electron chi connectivity index (χ4n) is 4.24. The van der Waals surface area contributed by atoms with Gasteiger partial charge in [0.1, 0.15) is 6.04 Å². The van der Waals surface area contributed by atoms with Crippen molar-refractivity contribution in [1.29, 1.82) is 0 Å². The second kappa shape index (κ2) is 13.6. The minimum absolute atomic E-state index is 0.0828. The molecular formula is C26H31Cl3N2O2S. The van der Waals surface area contributed by atoms with Gasteiger partial charge >= 0.3 is 0 Å². The van der Waals surface area contributed by atoms with Crippen molar-refractivity contribution in [3.8, 4) is 0 Å². The summed E-state index contributed by atoms with van der Waals surface area (Å²) >= 11 is 20.1. The van der Waals surface area contributed by atoms with Gasteiger partial charge in [-0.25, -0.2) is 0 Å². The van der Waals surface area contributed by atoms with Crippen molar-refractivity contribution >= 4 is 58.4 Å². The molecule has 1 N–H and O–H groups in total. The van der Waals surface area contributed by atoms with Crippen LogP contribution in [-0.2, 0) is 21.9 Å². The molecule has 184 valence electrons. The number of nitrogens with zero attached hydrogens (tertiary/aromatic N) is 1. The molecule has 1 atom stereocenters. The van der Waals surface area contributed by atoms with E-state index in [2.05, 4.69) is 5.32 Å². The summed E-state index contributed by atoms with van der Waals surface area (Å²) in [6.45, 7) is 2.23. The van der Waals surface area contributed by atoms with E-state index in [0.29, 0.717) is 27.2 Å². The van der Waals surface area contributed by atoms with Crippen LogP contribution in [0.5, 0.6) is 0 Å². The number of benzene rings is 2. The topological polar surface area (TPSA) is 49.4 Å². The highest BCUT2D eigenvalue weighted by molar-refractivity contribution is 7.99. The Labute approximate surface area is 221 Å². The van der Waals surface area contributed by atoms with E-state index in [9.17, 15) is 9.59 Å². The van der Waals surface area contributed by atoms with Crippen LogP contribution >= 0.6 is 46.6 Å². The van der Waals surface area contributed by atoms with E-state index in [4.69, 9.17) is 34.8 Å². The van der Waals surface area contributed by atoms with Crippen LogP contribution in [0, 0.1) is 0 Å². The highest BCUT2D eigenvalue weighted by atomic mass is 35.5. The summed E-state index contributed by atoms with van der Waals surface area (Å²) in [6, 6.07) is 12.5. The second-order valence-electron chi connectivity index (χ2n) is 8.61. The molecule has 1 fully saturated rings. The van der Waals surface area contributed by atoms with E-state index in [-0.39, 0.29) is 30.2 Å². The van der Waals surface area contributed by atoms with Crippen LogP contribution in [0.1, 0.15) is 56.6 Å². The van der Waals surface area contributed by atoms with Crippen LogP contribution in [-0.4, -0.2) is 34.6 Å². The molecule has 1 aliphatic carbocycles. The number of carbonyl (C=O) groups is 2. The van der Waals surface area contributed by atoms with Crippen LogP contribution in [0.25, 0.3) is 0 Å². The molecule has 1 saturated carbocycles. The quantitative estimate of drug-likeness (QED) is 0.348. The number of hydrogen-bond donors (Lipinski definition) is 1. The van der Waals surface area contributed by atoms with Crippen molar-refractivity contribution in [2.24, 2.45) is 0 Å². The average Bonchev–Trinajstić information content (AvgIpc) is 2.82. The van der Waals surface area contributed by atoms with Crippen LogP contribution in [0.15, 0.2) is 42.5 Å². The van der Waals surface area contributed by atoms with Gasteiger partial charge in [0, 0.05) is 33.4 Å². The first kappa shape index (κ1) is 27.2. The zero-order valence-electron chi connectivity index (χ0n) is 19.4. The Bertz CT molecular complexity index is 982. The Morgan fingerprint density at radius 3 is 2.44 bits per heavy atom. The Kier molecular flexibility index (Phi) is 10.9. The van der Waals surface area contributed by atoms with Gasteiger partial charge in [0.25, 0.3) is 0 Å². The number of thioether (sulfide) groups is 1. The molecule has 2 aromatic carbocycles. The van der Waals surface area contributed by atoms with Crippen molar-refractivity contribution in [3.05, 3.63) is 68.7 Å². The molecule has 0 saturated heterocycles. The zero-order valence-corrected chi connectivity index (χ0v) is 22.5. The summed E-state index contributed by atoms with van der Waals surface area (Å²) in [4.78, 5) is 28.4. The average molecular weight is 542 g/mol. The van der Waals surface area contributed by atoms with Crippen LogP contribution < -0.4 is 5.32 Å². The van der Waals surface area contributed by atoms with Gasteiger partial charge in [-0.3, -0.25) is 9.59 Å². The number of nitrogens with one attached hydrogen (secondary N) is 1. The van der Waals surface area contributed by atoms with Gasteiger partial charge in [-0.05, 0) is 48.6 Å². The van der Waals surface area contributed by atoms with Gasteiger partial charge in [0.2, 0.25) is 11.8 Å². The minimum Gasteiger partial charge on any atom is -0.352 e. The van der Waals surface area contributed by atoms with Gasteiger partial charge in [0.05, 0.1) is 5.75 Å². The molecule has 0 aromatic heterocycles. The van der Waals surface area contributed by atoms with Crippen LogP contribution in [0.4, 0.5) is 0 Å². The van der Waals surface area contributed by atoms with Crippen molar-refractivity contribution < 1.29 is 9.59 Å². The number of amides is 2. The summed E-state index contributed by atoms with van der Waals surface area (Å²) in [5.74, 6) is 0.629. The molecule has 2 aromatic rings. The highest BCUT2D eigenvalue weighted by Gasteiger charge is 2.30. The summed E-state index contributed by atoms with van der Waals surface area (Å²) < 4.78 is 0. The van der Waals surface area contributed by atoms with Gasteiger partial charge in [-0.1, -0.05) is 85.3 Å². The maximum atomic E-state index is 13.4. The van der Waals surface area contributed by atoms with Gasteiger partial charge in [-0.15, -0.1) is 11.8 Å². The summed E-state index contributed by atoms with van der Waals surface area (Å²) in [5.41, 5.74) is 1.75. The summed E-state index contributed by atoms with van der Waals surface area (Å²) in [7, 11) is 0. The lowest BCUT2D eigenvalue weighted by molar-refractivity contribution is -0.139. The third-order valence-corrected chi connectivity index (χ3v) is 8.06. The molecule has 3 rings (SSSR count). The Balaban J connectivity index is 1.72. The van der Waals surface area contributed by atoms with Gasteiger partial charge in [0.15, 0.2) is 0 Å². The standard InChI is InChI=1S/C26H31Cl3N2O2S/c1-2-24(26(33)30-21-9-4-3-5-10-21)31(15-18-8-6-7-11-22(18)28)25(32)17-34-16-19-12-13-20(27)14-23(19)29/h6-8,11-14,21,24H,2-5,9-10,15-17H2,1H3,(H,30,33)/t24-/m0/s1. The summed E-state index contributed by atoms with van der Waals surface area (Å²) in [5, 5.41) is 4.95. The van der Waals surface area contributed by atoms with Gasteiger partial charge in [-0.2, -0.15) is 0 Å². The van der Waals surface area contributed by atoms with E-state index in [1.807, 2.05) is 31.2 Å². The van der Waals surface area contributed by atoms with Crippen molar-refractivity contribution in [1.82, 2.24) is 10.2 Å². The molecule has 4 nitrogen and oxygen atoms in total. The third kappa shape index (κ3) is 7.81. The highest BCUT2D eigenvalue weighted by Crippen LogP contribution is 2.26. The Morgan fingerprint density at radius 2 is 1.76 bits per heavy atom. The Morgan fingerprint density at radius 1 is 1.03 bits per heavy atom. The SMILES string of the molecule is CC[C@@H](C(=O)NC1CCCCC1)N(Cc1ccccc1Cl)C(=O)CSCc1ccc(Cl)cc1Cl. The molecule has 0 radical (unpaired) electrons.